The fourth-order valence-corrected chi connectivity index (χ4v) is 2.29. The van der Waals surface area contributed by atoms with Crippen molar-refractivity contribution >= 4 is 11.6 Å². The summed E-state index contributed by atoms with van der Waals surface area (Å²) >= 11 is 5.88. The average Bonchev–Trinajstić information content (AvgIpc) is 2.48. The molecule has 0 bridgehead atoms. The van der Waals surface area contributed by atoms with E-state index >= 15 is 0 Å². The highest BCUT2D eigenvalue weighted by Crippen LogP contribution is 2.38. The van der Waals surface area contributed by atoms with E-state index in [4.69, 9.17) is 17.3 Å². The molecule has 2 unspecified atom stereocenters. The highest BCUT2D eigenvalue weighted by atomic mass is 35.5. The Bertz CT molecular complexity index is 342. The summed E-state index contributed by atoms with van der Waals surface area (Å²) in [6.45, 7) is 0. The van der Waals surface area contributed by atoms with Gasteiger partial charge in [0.05, 0.1) is 5.60 Å². The topological polar surface area (TPSA) is 46.2 Å². The number of rotatable bonds is 1. The average molecular weight is 212 g/mol. The third kappa shape index (κ3) is 1.78. The third-order valence-corrected chi connectivity index (χ3v) is 3.13. The van der Waals surface area contributed by atoms with Crippen LogP contribution in [0, 0.1) is 0 Å². The van der Waals surface area contributed by atoms with Crippen molar-refractivity contribution in [2.24, 2.45) is 5.73 Å². The zero-order chi connectivity index (χ0) is 10.2. The minimum Gasteiger partial charge on any atom is -0.385 e. The first-order valence-electron chi connectivity index (χ1n) is 4.84. The van der Waals surface area contributed by atoms with Crippen LogP contribution >= 0.6 is 11.6 Å². The van der Waals surface area contributed by atoms with Crippen molar-refractivity contribution < 1.29 is 5.11 Å². The van der Waals surface area contributed by atoms with Gasteiger partial charge in [0, 0.05) is 11.1 Å². The summed E-state index contributed by atoms with van der Waals surface area (Å²) in [6, 6.07) is 7.51. The smallest absolute Gasteiger partial charge is 0.0912 e. The van der Waals surface area contributed by atoms with Crippen LogP contribution in [0.1, 0.15) is 24.8 Å². The normalized spacial score (nSPS) is 32.1. The molecule has 2 nitrogen and oxygen atoms in total. The van der Waals surface area contributed by atoms with Gasteiger partial charge in [0.2, 0.25) is 0 Å². The molecule has 2 rings (SSSR count). The van der Waals surface area contributed by atoms with Gasteiger partial charge in [0.25, 0.3) is 0 Å². The van der Waals surface area contributed by atoms with Gasteiger partial charge in [-0.2, -0.15) is 0 Å². The van der Waals surface area contributed by atoms with E-state index in [2.05, 4.69) is 0 Å². The minimum atomic E-state index is -0.760. The molecule has 3 heteroatoms. The Balaban J connectivity index is 2.30. The maximum atomic E-state index is 10.3. The molecule has 1 aliphatic rings. The fourth-order valence-electron chi connectivity index (χ4n) is 2.10. The van der Waals surface area contributed by atoms with Gasteiger partial charge in [-0.05, 0) is 37.0 Å². The zero-order valence-corrected chi connectivity index (χ0v) is 8.67. The molecule has 0 saturated heterocycles. The lowest BCUT2D eigenvalue weighted by Crippen LogP contribution is -2.25. The monoisotopic (exact) mass is 211 g/mol. The van der Waals surface area contributed by atoms with Gasteiger partial charge in [-0.25, -0.2) is 0 Å². The highest BCUT2D eigenvalue weighted by molar-refractivity contribution is 6.30. The van der Waals surface area contributed by atoms with E-state index in [1.807, 2.05) is 24.3 Å². The first kappa shape index (κ1) is 9.97. The first-order valence-corrected chi connectivity index (χ1v) is 5.22. The van der Waals surface area contributed by atoms with Gasteiger partial charge in [-0.15, -0.1) is 0 Å². The van der Waals surface area contributed by atoms with Gasteiger partial charge in [-0.3, -0.25) is 0 Å². The molecule has 1 aliphatic carbocycles. The van der Waals surface area contributed by atoms with Crippen molar-refractivity contribution in [2.45, 2.75) is 30.9 Å². The molecule has 1 aromatic rings. The molecule has 1 saturated carbocycles. The predicted molar refractivity (Wildman–Crippen MR) is 57.2 cm³/mol. The van der Waals surface area contributed by atoms with Crippen molar-refractivity contribution in [3.8, 4) is 0 Å². The Morgan fingerprint density at radius 2 is 2.29 bits per heavy atom. The Hall–Kier alpha value is -0.570. The molecule has 0 amide bonds. The quantitative estimate of drug-likeness (QED) is 0.747. The summed E-state index contributed by atoms with van der Waals surface area (Å²) in [5.41, 5.74) is 5.92. The minimum absolute atomic E-state index is 0.110. The van der Waals surface area contributed by atoms with Crippen LogP contribution in [0.2, 0.25) is 5.02 Å². The summed E-state index contributed by atoms with van der Waals surface area (Å²) in [7, 11) is 0. The lowest BCUT2D eigenvalue weighted by molar-refractivity contribution is 0.0431. The van der Waals surface area contributed by atoms with Crippen molar-refractivity contribution in [1.82, 2.24) is 0 Å². The molecule has 14 heavy (non-hydrogen) atoms. The van der Waals surface area contributed by atoms with E-state index in [9.17, 15) is 5.11 Å². The number of hydrogen-bond acceptors (Lipinski definition) is 2. The largest absolute Gasteiger partial charge is 0.385 e. The van der Waals surface area contributed by atoms with Gasteiger partial charge < -0.3 is 10.8 Å². The SMILES string of the molecule is NC1CCC(O)(c2cccc(Cl)c2)C1. The molecule has 2 atom stereocenters. The Labute approximate surface area is 88.7 Å². The van der Waals surface area contributed by atoms with Crippen LogP contribution < -0.4 is 5.73 Å². The summed E-state index contributed by atoms with van der Waals surface area (Å²) in [6.07, 6.45) is 2.24. The molecule has 0 radical (unpaired) electrons. The van der Waals surface area contributed by atoms with E-state index < -0.39 is 5.60 Å². The second kappa shape index (κ2) is 3.54. The van der Waals surface area contributed by atoms with Crippen LogP contribution in [0.4, 0.5) is 0 Å². The zero-order valence-electron chi connectivity index (χ0n) is 7.91. The number of hydrogen-bond donors (Lipinski definition) is 2. The van der Waals surface area contributed by atoms with Crippen LogP contribution in [0.15, 0.2) is 24.3 Å². The molecule has 76 valence electrons. The molecule has 0 heterocycles. The summed E-state index contributed by atoms with van der Waals surface area (Å²) < 4.78 is 0. The van der Waals surface area contributed by atoms with E-state index in [-0.39, 0.29) is 6.04 Å². The van der Waals surface area contributed by atoms with E-state index in [0.29, 0.717) is 11.4 Å². The van der Waals surface area contributed by atoms with E-state index in [1.165, 1.54) is 0 Å². The maximum absolute atomic E-state index is 10.3. The van der Waals surface area contributed by atoms with E-state index in [0.717, 1.165) is 18.4 Å². The second-order valence-corrected chi connectivity index (χ2v) is 4.48. The van der Waals surface area contributed by atoms with Gasteiger partial charge in [-0.1, -0.05) is 23.7 Å². The predicted octanol–water partition coefficient (Wildman–Crippen LogP) is 2.04. The molecule has 3 N–H and O–H groups in total. The fraction of sp³-hybridized carbons (Fsp3) is 0.455. The molecule has 0 aromatic heterocycles. The van der Waals surface area contributed by atoms with Crippen LogP contribution in [-0.2, 0) is 5.60 Å². The molecular weight excluding hydrogens is 198 g/mol. The van der Waals surface area contributed by atoms with Gasteiger partial charge in [0.15, 0.2) is 0 Å². The lowest BCUT2D eigenvalue weighted by atomic mass is 9.92. The van der Waals surface area contributed by atoms with Crippen molar-refractivity contribution in [2.75, 3.05) is 0 Å². The molecular formula is C11H14ClNO. The Kier molecular flexibility index (Phi) is 2.52. The van der Waals surface area contributed by atoms with Crippen LogP contribution in [-0.4, -0.2) is 11.1 Å². The van der Waals surface area contributed by atoms with Gasteiger partial charge >= 0.3 is 0 Å². The van der Waals surface area contributed by atoms with Crippen molar-refractivity contribution in [3.63, 3.8) is 0 Å². The summed E-state index contributed by atoms with van der Waals surface area (Å²) in [5, 5.41) is 11.0. The maximum Gasteiger partial charge on any atom is 0.0912 e. The van der Waals surface area contributed by atoms with Crippen LogP contribution in [0.5, 0.6) is 0 Å². The van der Waals surface area contributed by atoms with Crippen LogP contribution in [0.25, 0.3) is 0 Å². The first-order chi connectivity index (χ1) is 6.60. The number of nitrogens with two attached hydrogens (primary N) is 1. The highest BCUT2D eigenvalue weighted by Gasteiger charge is 2.37. The van der Waals surface area contributed by atoms with Crippen molar-refractivity contribution in [3.05, 3.63) is 34.9 Å². The number of benzene rings is 1. The second-order valence-electron chi connectivity index (χ2n) is 4.04. The summed E-state index contributed by atoms with van der Waals surface area (Å²) in [5.74, 6) is 0. The van der Waals surface area contributed by atoms with Gasteiger partial charge in [0.1, 0.15) is 0 Å². The van der Waals surface area contributed by atoms with E-state index in [1.54, 1.807) is 0 Å². The molecule has 1 aromatic carbocycles. The molecule has 0 aliphatic heterocycles. The molecule has 0 spiro atoms. The standard InChI is InChI=1S/C11H14ClNO/c12-9-3-1-2-8(6-9)11(14)5-4-10(13)7-11/h1-3,6,10,14H,4-5,7,13H2. The number of aliphatic hydroxyl groups is 1. The summed E-state index contributed by atoms with van der Waals surface area (Å²) in [4.78, 5) is 0. The van der Waals surface area contributed by atoms with Crippen LogP contribution in [0.3, 0.4) is 0 Å². The molecule has 1 fully saturated rings. The Morgan fingerprint density at radius 3 is 2.86 bits per heavy atom. The number of halogens is 1. The lowest BCUT2D eigenvalue weighted by Gasteiger charge is -2.23. The third-order valence-electron chi connectivity index (χ3n) is 2.89. The Morgan fingerprint density at radius 1 is 1.50 bits per heavy atom. The van der Waals surface area contributed by atoms with Crippen molar-refractivity contribution in [1.29, 1.82) is 0 Å².